The molecule has 4 heteroatoms. The van der Waals surface area contributed by atoms with E-state index in [9.17, 15) is 0 Å². The van der Waals surface area contributed by atoms with Gasteiger partial charge >= 0.3 is 0 Å². The minimum atomic E-state index is 0.175. The Labute approximate surface area is 136 Å². The van der Waals surface area contributed by atoms with Gasteiger partial charge in [-0.05, 0) is 11.6 Å². The molecule has 2 heterocycles. The maximum Gasteiger partial charge on any atom is 0.165 e. The van der Waals surface area contributed by atoms with Crippen molar-refractivity contribution in [3.05, 3.63) is 59.7 Å². The van der Waals surface area contributed by atoms with E-state index in [1.807, 2.05) is 12.1 Å². The molecule has 0 bridgehead atoms. The second kappa shape index (κ2) is 6.22. The standard InChI is InChI=1S/C19H22N2O2/c20-17-13-21(12-16(17)14-5-2-1-3-6-14)11-15-7-4-8-18-19(15)23-10-9-22-18/h1-8,16-17H,9-13,20H2/t16-,17+/m0/s1. The fourth-order valence-electron chi connectivity index (χ4n) is 3.59. The van der Waals surface area contributed by atoms with Crippen LogP contribution in [0.5, 0.6) is 11.5 Å². The summed E-state index contributed by atoms with van der Waals surface area (Å²) in [5.74, 6) is 2.15. The van der Waals surface area contributed by atoms with Crippen LogP contribution in [0.15, 0.2) is 48.5 Å². The highest BCUT2D eigenvalue weighted by atomic mass is 16.6. The number of ether oxygens (including phenoxy) is 2. The molecule has 4 nitrogen and oxygen atoms in total. The lowest BCUT2D eigenvalue weighted by Gasteiger charge is -2.23. The van der Waals surface area contributed by atoms with Gasteiger partial charge in [0, 0.05) is 37.2 Å². The Balaban J connectivity index is 1.51. The van der Waals surface area contributed by atoms with E-state index in [0.29, 0.717) is 19.1 Å². The van der Waals surface area contributed by atoms with Crippen molar-refractivity contribution in [2.75, 3.05) is 26.3 Å². The third-order valence-corrected chi connectivity index (χ3v) is 4.71. The summed E-state index contributed by atoms with van der Waals surface area (Å²) in [6, 6.07) is 16.9. The van der Waals surface area contributed by atoms with Gasteiger partial charge in [-0.25, -0.2) is 0 Å². The van der Waals surface area contributed by atoms with Crippen molar-refractivity contribution in [2.45, 2.75) is 18.5 Å². The summed E-state index contributed by atoms with van der Waals surface area (Å²) in [4.78, 5) is 2.41. The first-order valence-electron chi connectivity index (χ1n) is 8.21. The molecule has 1 fully saturated rings. The molecule has 2 N–H and O–H groups in total. The molecule has 1 saturated heterocycles. The molecule has 4 rings (SSSR count). The molecule has 0 aliphatic carbocycles. The summed E-state index contributed by atoms with van der Waals surface area (Å²) in [5, 5.41) is 0. The Hall–Kier alpha value is -2.04. The van der Waals surface area contributed by atoms with Gasteiger partial charge in [-0.2, -0.15) is 0 Å². The Morgan fingerprint density at radius 2 is 1.78 bits per heavy atom. The first-order valence-corrected chi connectivity index (χ1v) is 8.21. The zero-order valence-electron chi connectivity index (χ0n) is 13.2. The van der Waals surface area contributed by atoms with E-state index >= 15 is 0 Å². The van der Waals surface area contributed by atoms with Gasteiger partial charge < -0.3 is 15.2 Å². The first-order chi connectivity index (χ1) is 11.3. The van der Waals surface area contributed by atoms with Crippen molar-refractivity contribution in [3.8, 4) is 11.5 Å². The highest BCUT2D eigenvalue weighted by Gasteiger charge is 2.31. The van der Waals surface area contributed by atoms with E-state index in [0.717, 1.165) is 31.1 Å². The number of hydrogen-bond acceptors (Lipinski definition) is 4. The van der Waals surface area contributed by atoms with Gasteiger partial charge in [0.2, 0.25) is 0 Å². The summed E-state index contributed by atoms with van der Waals surface area (Å²) in [5.41, 5.74) is 8.91. The number of hydrogen-bond donors (Lipinski definition) is 1. The van der Waals surface area contributed by atoms with Crippen molar-refractivity contribution in [3.63, 3.8) is 0 Å². The SMILES string of the molecule is N[C@@H]1CN(Cc2cccc3c2OCCO3)C[C@H]1c1ccccc1. The van der Waals surface area contributed by atoms with Crippen molar-refractivity contribution >= 4 is 0 Å². The second-order valence-electron chi connectivity index (χ2n) is 6.32. The Bertz CT molecular complexity index is 674. The predicted molar refractivity (Wildman–Crippen MR) is 89.9 cm³/mol. The molecule has 120 valence electrons. The van der Waals surface area contributed by atoms with Gasteiger partial charge in [-0.15, -0.1) is 0 Å². The van der Waals surface area contributed by atoms with E-state index in [-0.39, 0.29) is 6.04 Å². The molecular weight excluding hydrogens is 288 g/mol. The highest BCUT2D eigenvalue weighted by Crippen LogP contribution is 2.35. The smallest absolute Gasteiger partial charge is 0.165 e. The molecule has 2 aliphatic rings. The van der Waals surface area contributed by atoms with Gasteiger partial charge in [0.1, 0.15) is 13.2 Å². The van der Waals surface area contributed by atoms with E-state index in [2.05, 4.69) is 41.3 Å². The third kappa shape index (κ3) is 2.92. The number of nitrogens with zero attached hydrogens (tertiary/aromatic N) is 1. The minimum Gasteiger partial charge on any atom is -0.486 e. The molecular formula is C19H22N2O2. The maximum absolute atomic E-state index is 6.40. The number of nitrogens with two attached hydrogens (primary N) is 1. The van der Waals surface area contributed by atoms with Gasteiger partial charge in [0.15, 0.2) is 11.5 Å². The molecule has 0 radical (unpaired) electrons. The molecule has 0 unspecified atom stereocenters. The van der Waals surface area contributed by atoms with Crippen LogP contribution in [0.4, 0.5) is 0 Å². The Morgan fingerprint density at radius 1 is 0.957 bits per heavy atom. The molecule has 2 aromatic rings. The number of rotatable bonds is 3. The lowest BCUT2D eigenvalue weighted by atomic mass is 9.95. The van der Waals surface area contributed by atoms with Crippen LogP contribution in [-0.2, 0) is 6.54 Å². The third-order valence-electron chi connectivity index (χ3n) is 4.71. The summed E-state index contributed by atoms with van der Waals surface area (Å²) < 4.78 is 11.5. The van der Waals surface area contributed by atoms with Crippen LogP contribution >= 0.6 is 0 Å². The van der Waals surface area contributed by atoms with Crippen LogP contribution < -0.4 is 15.2 Å². The fraction of sp³-hybridized carbons (Fsp3) is 0.368. The minimum absolute atomic E-state index is 0.175. The van der Waals surface area contributed by atoms with E-state index in [4.69, 9.17) is 15.2 Å². The maximum atomic E-state index is 6.40. The molecule has 0 saturated carbocycles. The fourth-order valence-corrected chi connectivity index (χ4v) is 3.59. The van der Waals surface area contributed by atoms with Gasteiger partial charge in [0.25, 0.3) is 0 Å². The highest BCUT2D eigenvalue weighted by molar-refractivity contribution is 5.47. The molecule has 2 aromatic carbocycles. The zero-order valence-corrected chi connectivity index (χ0v) is 13.2. The lowest BCUT2D eigenvalue weighted by molar-refractivity contribution is 0.167. The first kappa shape index (κ1) is 14.5. The number of likely N-dealkylation sites (tertiary alicyclic amines) is 1. The van der Waals surface area contributed by atoms with Gasteiger partial charge in [0.05, 0.1) is 0 Å². The summed E-state index contributed by atoms with van der Waals surface area (Å²) in [6.45, 7) is 3.99. The lowest BCUT2D eigenvalue weighted by Crippen LogP contribution is -2.28. The van der Waals surface area contributed by atoms with Crippen LogP contribution in [0.3, 0.4) is 0 Å². The van der Waals surface area contributed by atoms with Gasteiger partial charge in [-0.3, -0.25) is 4.90 Å². The largest absolute Gasteiger partial charge is 0.486 e. The average Bonchev–Trinajstić information content (AvgIpc) is 2.96. The van der Waals surface area contributed by atoms with Crippen molar-refractivity contribution in [2.24, 2.45) is 5.73 Å². The van der Waals surface area contributed by atoms with Crippen LogP contribution in [-0.4, -0.2) is 37.2 Å². The molecule has 0 amide bonds. The second-order valence-corrected chi connectivity index (χ2v) is 6.32. The number of benzene rings is 2. The molecule has 23 heavy (non-hydrogen) atoms. The van der Waals surface area contributed by atoms with Crippen LogP contribution in [0.25, 0.3) is 0 Å². The zero-order chi connectivity index (χ0) is 15.6. The Morgan fingerprint density at radius 3 is 2.65 bits per heavy atom. The summed E-state index contributed by atoms with van der Waals surface area (Å²) >= 11 is 0. The van der Waals surface area contributed by atoms with E-state index < -0.39 is 0 Å². The molecule has 2 atom stereocenters. The monoisotopic (exact) mass is 310 g/mol. The average molecular weight is 310 g/mol. The van der Waals surface area contributed by atoms with Crippen LogP contribution in [0, 0.1) is 0 Å². The molecule has 2 aliphatic heterocycles. The normalized spacial score (nSPS) is 23.9. The van der Waals surface area contributed by atoms with Crippen LogP contribution in [0.2, 0.25) is 0 Å². The summed E-state index contributed by atoms with van der Waals surface area (Å²) in [7, 11) is 0. The Kier molecular flexibility index (Phi) is 3.93. The van der Waals surface area contributed by atoms with Crippen molar-refractivity contribution in [1.29, 1.82) is 0 Å². The molecule has 0 spiro atoms. The van der Waals surface area contributed by atoms with Crippen molar-refractivity contribution < 1.29 is 9.47 Å². The quantitative estimate of drug-likeness (QED) is 0.945. The number of para-hydroxylation sites is 1. The van der Waals surface area contributed by atoms with E-state index in [1.54, 1.807) is 0 Å². The van der Waals surface area contributed by atoms with Gasteiger partial charge in [-0.1, -0.05) is 42.5 Å². The number of fused-ring (bicyclic) bond motifs is 1. The topological polar surface area (TPSA) is 47.7 Å². The van der Waals surface area contributed by atoms with Crippen molar-refractivity contribution in [1.82, 2.24) is 4.90 Å². The van der Waals surface area contributed by atoms with Crippen LogP contribution in [0.1, 0.15) is 17.0 Å². The predicted octanol–water partition coefficient (Wildman–Crippen LogP) is 2.38. The summed E-state index contributed by atoms with van der Waals surface area (Å²) in [6.07, 6.45) is 0. The molecule has 0 aromatic heterocycles. The van der Waals surface area contributed by atoms with E-state index in [1.165, 1.54) is 11.1 Å².